The summed E-state index contributed by atoms with van der Waals surface area (Å²) in [6.07, 6.45) is -4.36. The quantitative estimate of drug-likeness (QED) is 0.686. The molecule has 0 saturated heterocycles. The van der Waals surface area contributed by atoms with Gasteiger partial charge < -0.3 is 4.98 Å². The van der Waals surface area contributed by atoms with E-state index in [0.717, 1.165) is 16.7 Å². The molecule has 0 unspecified atom stereocenters. The van der Waals surface area contributed by atoms with E-state index in [4.69, 9.17) is 0 Å². The van der Waals surface area contributed by atoms with E-state index >= 15 is 0 Å². The number of thioether (sulfide) groups is 1. The van der Waals surface area contributed by atoms with E-state index < -0.39 is 29.0 Å². The number of halogens is 4. The summed E-state index contributed by atoms with van der Waals surface area (Å²) in [6, 6.07) is 3.29. The fourth-order valence-electron chi connectivity index (χ4n) is 1.87. The van der Waals surface area contributed by atoms with Gasteiger partial charge in [0.05, 0.1) is 11.4 Å². The van der Waals surface area contributed by atoms with E-state index in [1.807, 2.05) is 0 Å². The van der Waals surface area contributed by atoms with Gasteiger partial charge in [-0.15, -0.1) is 11.8 Å². The van der Waals surface area contributed by atoms with Gasteiger partial charge in [-0.3, -0.25) is 9.36 Å². The predicted molar refractivity (Wildman–Crippen MR) is 79.2 cm³/mol. The lowest BCUT2D eigenvalue weighted by molar-refractivity contribution is -0.105. The number of rotatable bonds is 3. The Balaban J connectivity index is 2.51. The molecular weight excluding hydrogens is 336 g/mol. The number of hydrogen-bond donors (Lipinski definition) is 1. The molecule has 23 heavy (non-hydrogen) atoms. The van der Waals surface area contributed by atoms with Crippen LogP contribution in [0, 0.1) is 12.7 Å². The second-order valence-corrected chi connectivity index (χ2v) is 5.90. The minimum Gasteiger partial charge on any atom is -0.307 e. The number of aromatic nitrogens is 2. The van der Waals surface area contributed by atoms with Crippen molar-refractivity contribution in [2.75, 3.05) is 5.75 Å². The summed E-state index contributed by atoms with van der Waals surface area (Å²) in [5, 5.41) is 0. The van der Waals surface area contributed by atoms with Crippen LogP contribution in [0.1, 0.15) is 5.56 Å². The fourth-order valence-corrected chi connectivity index (χ4v) is 2.68. The van der Waals surface area contributed by atoms with Crippen molar-refractivity contribution in [1.29, 1.82) is 0 Å². The Morgan fingerprint density at radius 1 is 1.22 bits per heavy atom. The van der Waals surface area contributed by atoms with Crippen LogP contribution in [0.15, 0.2) is 32.7 Å². The van der Waals surface area contributed by atoms with E-state index in [0.29, 0.717) is 17.3 Å². The molecule has 0 amide bonds. The van der Waals surface area contributed by atoms with Gasteiger partial charge in [-0.1, -0.05) is 0 Å². The van der Waals surface area contributed by atoms with Crippen molar-refractivity contribution in [3.8, 4) is 11.3 Å². The molecule has 1 N–H and O–H groups in total. The minimum atomic E-state index is -4.36. The highest BCUT2D eigenvalue weighted by atomic mass is 32.2. The predicted octanol–water partition coefficient (Wildman–Crippen LogP) is 2.84. The topological polar surface area (TPSA) is 54.9 Å². The van der Waals surface area contributed by atoms with E-state index in [9.17, 15) is 27.2 Å². The Hall–Kier alpha value is -2.03. The summed E-state index contributed by atoms with van der Waals surface area (Å²) in [5.74, 6) is -1.85. The van der Waals surface area contributed by atoms with Crippen molar-refractivity contribution in [2.45, 2.75) is 18.0 Å². The molecule has 1 aromatic heterocycles. The number of nitrogens with zero attached hydrogens (tertiary/aromatic N) is 1. The van der Waals surface area contributed by atoms with Crippen molar-refractivity contribution in [3.63, 3.8) is 0 Å². The molecule has 0 aliphatic rings. The van der Waals surface area contributed by atoms with Crippen molar-refractivity contribution < 1.29 is 17.6 Å². The zero-order valence-electron chi connectivity index (χ0n) is 12.1. The van der Waals surface area contributed by atoms with Crippen LogP contribution in [-0.2, 0) is 7.05 Å². The summed E-state index contributed by atoms with van der Waals surface area (Å²) in [5.41, 5.74) is -1.25. The molecule has 0 spiro atoms. The molecule has 0 radical (unpaired) electrons. The molecule has 0 bridgehead atoms. The zero-order valence-corrected chi connectivity index (χ0v) is 12.9. The van der Waals surface area contributed by atoms with Crippen molar-refractivity contribution in [3.05, 3.63) is 50.4 Å². The molecule has 0 aliphatic heterocycles. The average molecular weight is 348 g/mol. The average Bonchev–Trinajstić information content (AvgIpc) is 2.42. The van der Waals surface area contributed by atoms with Gasteiger partial charge in [0.15, 0.2) is 0 Å². The van der Waals surface area contributed by atoms with Crippen LogP contribution in [0.2, 0.25) is 0 Å². The normalized spacial score (nSPS) is 11.7. The highest BCUT2D eigenvalue weighted by molar-refractivity contribution is 7.99. The Morgan fingerprint density at radius 2 is 1.87 bits per heavy atom. The third-order valence-corrected chi connectivity index (χ3v) is 4.31. The minimum absolute atomic E-state index is 0.0792. The van der Waals surface area contributed by atoms with Crippen LogP contribution >= 0.6 is 11.8 Å². The smallest absolute Gasteiger partial charge is 0.307 e. The number of H-pyrrole nitrogens is 1. The molecule has 1 aromatic carbocycles. The number of aryl methyl sites for hydroxylation is 1. The summed E-state index contributed by atoms with van der Waals surface area (Å²) in [4.78, 5) is 25.8. The molecule has 4 nitrogen and oxygen atoms in total. The second kappa shape index (κ2) is 6.23. The first-order valence-corrected chi connectivity index (χ1v) is 7.37. The van der Waals surface area contributed by atoms with E-state index in [1.54, 1.807) is 0 Å². The van der Waals surface area contributed by atoms with Gasteiger partial charge in [0, 0.05) is 23.6 Å². The monoisotopic (exact) mass is 348 g/mol. The third-order valence-electron chi connectivity index (χ3n) is 3.09. The summed E-state index contributed by atoms with van der Waals surface area (Å²) >= 11 is 0.516. The fraction of sp³-hybridized carbons (Fsp3) is 0.286. The van der Waals surface area contributed by atoms with Crippen LogP contribution in [0.4, 0.5) is 17.6 Å². The SMILES string of the molecule is Cc1cc(F)c(-c2cc(=O)n(C)c(=O)[nH]2)cc1SCC(F)(F)F. The van der Waals surface area contributed by atoms with Crippen LogP contribution in [0.25, 0.3) is 11.3 Å². The lowest BCUT2D eigenvalue weighted by Crippen LogP contribution is -2.32. The van der Waals surface area contributed by atoms with Gasteiger partial charge in [0.2, 0.25) is 0 Å². The first-order chi connectivity index (χ1) is 10.6. The second-order valence-electron chi connectivity index (χ2n) is 4.89. The summed E-state index contributed by atoms with van der Waals surface area (Å²) in [7, 11) is 1.25. The van der Waals surface area contributed by atoms with Crippen LogP contribution < -0.4 is 11.2 Å². The highest BCUT2D eigenvalue weighted by Crippen LogP contribution is 2.33. The summed E-state index contributed by atoms with van der Waals surface area (Å²) in [6.45, 7) is 1.48. The third kappa shape index (κ3) is 4.04. The van der Waals surface area contributed by atoms with Crippen LogP contribution in [0.5, 0.6) is 0 Å². The lowest BCUT2D eigenvalue weighted by Gasteiger charge is -2.11. The number of aromatic amines is 1. The molecule has 0 saturated carbocycles. The van der Waals surface area contributed by atoms with Gasteiger partial charge in [0.1, 0.15) is 5.82 Å². The molecule has 1 heterocycles. The maximum atomic E-state index is 14.1. The van der Waals surface area contributed by atoms with Crippen LogP contribution in [-0.4, -0.2) is 21.5 Å². The molecule has 124 valence electrons. The van der Waals surface area contributed by atoms with Crippen LogP contribution in [0.3, 0.4) is 0 Å². The first kappa shape index (κ1) is 17.3. The molecule has 2 rings (SSSR count). The molecular formula is C14H12F4N2O2S. The van der Waals surface area contributed by atoms with Gasteiger partial charge in [-0.05, 0) is 24.6 Å². The van der Waals surface area contributed by atoms with Gasteiger partial charge >= 0.3 is 11.9 Å². The lowest BCUT2D eigenvalue weighted by atomic mass is 10.1. The highest BCUT2D eigenvalue weighted by Gasteiger charge is 2.27. The van der Waals surface area contributed by atoms with Gasteiger partial charge in [-0.2, -0.15) is 13.2 Å². The molecule has 0 atom stereocenters. The van der Waals surface area contributed by atoms with Gasteiger partial charge in [0.25, 0.3) is 5.56 Å². The van der Waals surface area contributed by atoms with Crippen molar-refractivity contribution in [1.82, 2.24) is 9.55 Å². The Morgan fingerprint density at radius 3 is 2.43 bits per heavy atom. The van der Waals surface area contributed by atoms with E-state index in [-0.39, 0.29) is 16.2 Å². The Kier molecular flexibility index (Phi) is 4.69. The number of hydrogen-bond acceptors (Lipinski definition) is 3. The molecule has 9 heteroatoms. The van der Waals surface area contributed by atoms with E-state index in [1.165, 1.54) is 20.0 Å². The molecule has 2 aromatic rings. The molecule has 0 fully saturated rings. The number of alkyl halides is 3. The largest absolute Gasteiger partial charge is 0.398 e. The number of benzene rings is 1. The van der Waals surface area contributed by atoms with E-state index in [2.05, 4.69) is 4.98 Å². The first-order valence-electron chi connectivity index (χ1n) is 6.39. The van der Waals surface area contributed by atoms with Gasteiger partial charge in [-0.25, -0.2) is 9.18 Å². The van der Waals surface area contributed by atoms with Crippen molar-refractivity contribution in [2.24, 2.45) is 7.05 Å². The zero-order chi connectivity index (χ0) is 17.4. The Labute approximate surface area is 132 Å². The maximum Gasteiger partial charge on any atom is 0.398 e. The van der Waals surface area contributed by atoms with Crippen molar-refractivity contribution >= 4 is 11.8 Å². The summed E-state index contributed by atoms with van der Waals surface area (Å²) < 4.78 is 51.9. The number of nitrogens with one attached hydrogen (secondary N) is 1. The standard InChI is InChI=1S/C14H12F4N2O2S/c1-7-3-9(15)8(4-11(7)23-6-14(16,17)18)10-5-12(21)20(2)13(22)19-10/h3-5H,6H2,1-2H3,(H,19,22). The Bertz CT molecular complexity index is 824. The molecule has 0 aliphatic carbocycles. The maximum absolute atomic E-state index is 14.1.